The standard InChI is InChI=1S/C17H16N2O/c1-3-13-7-6-8-14(11-13)19-12(2)18-16-10-5-4-9-15(16)17(19)20/h4-11H,3H2,1-2H3. The molecule has 0 spiro atoms. The highest BCUT2D eigenvalue weighted by atomic mass is 16.1. The number of para-hydroxylation sites is 1. The van der Waals surface area contributed by atoms with Gasteiger partial charge in [-0.3, -0.25) is 9.36 Å². The first-order valence-corrected chi connectivity index (χ1v) is 6.78. The van der Waals surface area contributed by atoms with Crippen LogP contribution >= 0.6 is 0 Å². The molecule has 0 N–H and O–H groups in total. The van der Waals surface area contributed by atoms with Crippen LogP contribution in [-0.4, -0.2) is 9.55 Å². The Morgan fingerprint density at radius 3 is 2.70 bits per heavy atom. The Morgan fingerprint density at radius 2 is 1.90 bits per heavy atom. The lowest BCUT2D eigenvalue weighted by molar-refractivity contribution is 0.891. The second-order valence-electron chi connectivity index (χ2n) is 4.84. The molecule has 0 aliphatic carbocycles. The summed E-state index contributed by atoms with van der Waals surface area (Å²) in [6.07, 6.45) is 0.947. The van der Waals surface area contributed by atoms with E-state index in [9.17, 15) is 4.79 Å². The van der Waals surface area contributed by atoms with Crippen molar-refractivity contribution in [2.45, 2.75) is 20.3 Å². The van der Waals surface area contributed by atoms with Gasteiger partial charge >= 0.3 is 0 Å². The Labute approximate surface area is 117 Å². The topological polar surface area (TPSA) is 34.9 Å². The molecule has 0 fully saturated rings. The number of benzene rings is 2. The average molecular weight is 264 g/mol. The van der Waals surface area contributed by atoms with Crippen molar-refractivity contribution in [2.24, 2.45) is 0 Å². The zero-order valence-electron chi connectivity index (χ0n) is 11.6. The number of rotatable bonds is 2. The fourth-order valence-electron chi connectivity index (χ4n) is 2.46. The maximum atomic E-state index is 12.7. The lowest BCUT2D eigenvalue weighted by Gasteiger charge is -2.11. The molecule has 100 valence electrons. The lowest BCUT2D eigenvalue weighted by atomic mass is 10.1. The number of fused-ring (bicyclic) bond motifs is 1. The third-order valence-electron chi connectivity index (χ3n) is 3.52. The van der Waals surface area contributed by atoms with Crippen LogP contribution in [0.2, 0.25) is 0 Å². The molecule has 0 atom stereocenters. The van der Waals surface area contributed by atoms with Gasteiger partial charge in [-0.05, 0) is 43.2 Å². The van der Waals surface area contributed by atoms with E-state index in [1.807, 2.05) is 49.4 Å². The van der Waals surface area contributed by atoms with Gasteiger partial charge in [-0.1, -0.05) is 31.2 Å². The molecule has 1 aromatic heterocycles. The molecular formula is C17H16N2O. The average Bonchev–Trinajstić information content (AvgIpc) is 2.47. The Kier molecular flexibility index (Phi) is 3.11. The fourth-order valence-corrected chi connectivity index (χ4v) is 2.46. The van der Waals surface area contributed by atoms with Gasteiger partial charge in [0.1, 0.15) is 5.82 Å². The fraction of sp³-hybridized carbons (Fsp3) is 0.176. The summed E-state index contributed by atoms with van der Waals surface area (Å²) in [5.74, 6) is 0.710. The normalized spacial score (nSPS) is 10.9. The van der Waals surface area contributed by atoms with E-state index < -0.39 is 0 Å². The molecule has 0 saturated carbocycles. The van der Waals surface area contributed by atoms with Gasteiger partial charge in [0, 0.05) is 0 Å². The van der Waals surface area contributed by atoms with Crippen molar-refractivity contribution >= 4 is 10.9 Å². The minimum atomic E-state index is -0.0126. The first-order chi connectivity index (χ1) is 9.70. The lowest BCUT2D eigenvalue weighted by Crippen LogP contribution is -2.22. The molecule has 0 unspecified atom stereocenters. The van der Waals surface area contributed by atoms with E-state index in [0.717, 1.165) is 17.6 Å². The zero-order chi connectivity index (χ0) is 14.1. The third kappa shape index (κ3) is 2.01. The highest BCUT2D eigenvalue weighted by molar-refractivity contribution is 5.77. The van der Waals surface area contributed by atoms with Crippen LogP contribution in [0.1, 0.15) is 18.3 Å². The summed E-state index contributed by atoms with van der Waals surface area (Å²) >= 11 is 0. The van der Waals surface area contributed by atoms with Crippen LogP contribution in [0.4, 0.5) is 0 Å². The zero-order valence-corrected chi connectivity index (χ0v) is 11.6. The van der Waals surface area contributed by atoms with Gasteiger partial charge in [0.05, 0.1) is 16.6 Å². The predicted molar refractivity (Wildman–Crippen MR) is 81.5 cm³/mol. The Bertz CT molecular complexity index is 834. The molecule has 3 nitrogen and oxygen atoms in total. The van der Waals surface area contributed by atoms with Gasteiger partial charge < -0.3 is 0 Å². The van der Waals surface area contributed by atoms with E-state index in [0.29, 0.717) is 11.2 Å². The van der Waals surface area contributed by atoms with Crippen LogP contribution in [-0.2, 0) is 6.42 Å². The summed E-state index contributed by atoms with van der Waals surface area (Å²) in [4.78, 5) is 17.2. The molecule has 2 aromatic carbocycles. The largest absolute Gasteiger partial charge is 0.268 e. The first kappa shape index (κ1) is 12.6. The van der Waals surface area contributed by atoms with Crippen LogP contribution in [0.15, 0.2) is 53.3 Å². The summed E-state index contributed by atoms with van der Waals surface area (Å²) in [7, 11) is 0. The Morgan fingerprint density at radius 1 is 1.10 bits per heavy atom. The van der Waals surface area contributed by atoms with Gasteiger partial charge in [0.25, 0.3) is 5.56 Å². The third-order valence-corrected chi connectivity index (χ3v) is 3.52. The van der Waals surface area contributed by atoms with E-state index in [2.05, 4.69) is 18.0 Å². The summed E-state index contributed by atoms with van der Waals surface area (Å²) in [6, 6.07) is 15.5. The quantitative estimate of drug-likeness (QED) is 0.712. The molecule has 0 saturated heterocycles. The van der Waals surface area contributed by atoms with E-state index in [4.69, 9.17) is 0 Å². The van der Waals surface area contributed by atoms with E-state index in [1.165, 1.54) is 5.56 Å². The summed E-state index contributed by atoms with van der Waals surface area (Å²) in [5, 5.41) is 0.653. The van der Waals surface area contributed by atoms with Crippen LogP contribution in [0.5, 0.6) is 0 Å². The molecule has 3 rings (SSSR count). The second kappa shape index (κ2) is 4.93. The molecule has 0 bridgehead atoms. The smallest absolute Gasteiger partial charge is 0.265 e. The first-order valence-electron chi connectivity index (χ1n) is 6.78. The van der Waals surface area contributed by atoms with E-state index >= 15 is 0 Å². The van der Waals surface area contributed by atoms with Gasteiger partial charge in [0.15, 0.2) is 0 Å². The number of aryl methyl sites for hydroxylation is 2. The molecule has 3 aromatic rings. The van der Waals surface area contributed by atoms with Gasteiger partial charge in [0.2, 0.25) is 0 Å². The number of hydrogen-bond donors (Lipinski definition) is 0. The van der Waals surface area contributed by atoms with Gasteiger partial charge in [-0.15, -0.1) is 0 Å². The van der Waals surface area contributed by atoms with Crippen molar-refractivity contribution in [2.75, 3.05) is 0 Å². The molecule has 20 heavy (non-hydrogen) atoms. The SMILES string of the molecule is CCc1cccc(-n2c(C)nc3ccccc3c2=O)c1. The number of aromatic nitrogens is 2. The maximum absolute atomic E-state index is 12.7. The molecule has 1 heterocycles. The van der Waals surface area contributed by atoms with Crippen molar-refractivity contribution in [1.29, 1.82) is 0 Å². The molecular weight excluding hydrogens is 248 g/mol. The molecule has 0 amide bonds. The Hall–Kier alpha value is -2.42. The number of hydrogen-bond acceptors (Lipinski definition) is 2. The van der Waals surface area contributed by atoms with Gasteiger partial charge in [-0.25, -0.2) is 4.98 Å². The van der Waals surface area contributed by atoms with Crippen molar-refractivity contribution < 1.29 is 0 Å². The van der Waals surface area contributed by atoms with Crippen molar-refractivity contribution in [1.82, 2.24) is 9.55 Å². The predicted octanol–water partition coefficient (Wildman–Crippen LogP) is 3.26. The van der Waals surface area contributed by atoms with Crippen molar-refractivity contribution in [3.63, 3.8) is 0 Å². The summed E-state index contributed by atoms with van der Waals surface area (Å²) in [5.41, 5.74) is 2.83. The van der Waals surface area contributed by atoms with Crippen LogP contribution < -0.4 is 5.56 Å². The van der Waals surface area contributed by atoms with Gasteiger partial charge in [-0.2, -0.15) is 0 Å². The van der Waals surface area contributed by atoms with Crippen molar-refractivity contribution in [3.05, 3.63) is 70.3 Å². The molecule has 0 aliphatic heterocycles. The molecule has 0 aliphatic rings. The van der Waals surface area contributed by atoms with Crippen molar-refractivity contribution in [3.8, 4) is 5.69 Å². The monoisotopic (exact) mass is 264 g/mol. The van der Waals surface area contributed by atoms with Crippen LogP contribution in [0.25, 0.3) is 16.6 Å². The highest BCUT2D eigenvalue weighted by Crippen LogP contribution is 2.14. The minimum Gasteiger partial charge on any atom is -0.268 e. The summed E-state index contributed by atoms with van der Waals surface area (Å²) in [6.45, 7) is 3.97. The molecule has 3 heteroatoms. The maximum Gasteiger partial charge on any atom is 0.265 e. The van der Waals surface area contributed by atoms with Crippen LogP contribution in [0.3, 0.4) is 0 Å². The number of nitrogens with zero attached hydrogens (tertiary/aromatic N) is 2. The summed E-state index contributed by atoms with van der Waals surface area (Å²) < 4.78 is 1.68. The highest BCUT2D eigenvalue weighted by Gasteiger charge is 2.09. The van der Waals surface area contributed by atoms with E-state index in [1.54, 1.807) is 4.57 Å². The van der Waals surface area contributed by atoms with Crippen LogP contribution in [0, 0.1) is 6.92 Å². The Balaban J connectivity index is 2.33. The second-order valence-corrected chi connectivity index (χ2v) is 4.84. The molecule has 0 radical (unpaired) electrons. The van der Waals surface area contributed by atoms with E-state index in [-0.39, 0.29) is 5.56 Å². The minimum absolute atomic E-state index is 0.0126.